The van der Waals surface area contributed by atoms with E-state index in [0.29, 0.717) is 0 Å². The van der Waals surface area contributed by atoms with E-state index in [-0.39, 0.29) is 0 Å². The zero-order valence-corrected chi connectivity index (χ0v) is 22.3. The normalized spacial score (nSPS) is 12.9. The van der Waals surface area contributed by atoms with Crippen molar-refractivity contribution in [3.63, 3.8) is 0 Å². The van der Waals surface area contributed by atoms with Crippen molar-refractivity contribution in [2.45, 2.75) is 12.8 Å². The number of hydrogen-bond donors (Lipinski definition) is 0. The van der Waals surface area contributed by atoms with Crippen LogP contribution in [0.3, 0.4) is 0 Å². The maximum Gasteiger partial charge on any atom is -0.00262 e. The summed E-state index contributed by atoms with van der Waals surface area (Å²) in [6.45, 7) is 0. The Balaban J connectivity index is 1.32. The van der Waals surface area contributed by atoms with Gasteiger partial charge in [-0.05, 0) is 95.7 Å². The Kier molecular flexibility index (Phi) is 5.38. The predicted octanol–water partition coefficient (Wildman–Crippen LogP) is 11.0. The van der Waals surface area contributed by atoms with Crippen LogP contribution in [-0.4, -0.2) is 0 Å². The van der Waals surface area contributed by atoms with Gasteiger partial charge in [0.2, 0.25) is 0 Å². The number of fused-ring (bicyclic) bond motifs is 4. The molecule has 8 rings (SSSR count). The minimum Gasteiger partial charge on any atom is -0.0620 e. The van der Waals surface area contributed by atoms with Gasteiger partial charge >= 0.3 is 0 Å². The first-order valence-corrected chi connectivity index (χ1v) is 14.2. The van der Waals surface area contributed by atoms with Gasteiger partial charge in [0.15, 0.2) is 0 Å². The van der Waals surface area contributed by atoms with E-state index in [1.165, 1.54) is 76.8 Å². The molecule has 1 aliphatic carbocycles. The SMILES string of the molecule is C1=C(c2ccc(-c3c4ccccc4c(-c4ccc5ccccc5c4)c4ccccc34)cc2)CCc2ccccc21. The summed E-state index contributed by atoms with van der Waals surface area (Å²) >= 11 is 0. The number of aryl methyl sites for hydroxylation is 1. The quantitative estimate of drug-likeness (QED) is 0.208. The Hall–Kier alpha value is -4.94. The van der Waals surface area contributed by atoms with E-state index in [1.807, 2.05) is 0 Å². The lowest BCUT2D eigenvalue weighted by Gasteiger charge is -2.19. The Morgan fingerprint density at radius 3 is 1.60 bits per heavy atom. The molecule has 0 fully saturated rings. The lowest BCUT2D eigenvalue weighted by Crippen LogP contribution is -1.98. The van der Waals surface area contributed by atoms with Crippen LogP contribution in [0.1, 0.15) is 23.1 Å². The molecule has 0 atom stereocenters. The number of allylic oxidation sites excluding steroid dienone is 1. The summed E-state index contributed by atoms with van der Waals surface area (Å²) < 4.78 is 0. The highest BCUT2D eigenvalue weighted by Crippen LogP contribution is 2.44. The van der Waals surface area contributed by atoms with Gasteiger partial charge in [0.05, 0.1) is 0 Å². The summed E-state index contributed by atoms with van der Waals surface area (Å²) in [4.78, 5) is 0. The van der Waals surface area contributed by atoms with Crippen LogP contribution >= 0.6 is 0 Å². The molecule has 7 aromatic rings. The Morgan fingerprint density at radius 1 is 0.375 bits per heavy atom. The van der Waals surface area contributed by atoms with Crippen LogP contribution < -0.4 is 0 Å². The third-order valence-electron chi connectivity index (χ3n) is 8.56. The fraction of sp³-hybridized carbons (Fsp3) is 0.0500. The van der Waals surface area contributed by atoms with Crippen molar-refractivity contribution in [1.82, 2.24) is 0 Å². The van der Waals surface area contributed by atoms with Gasteiger partial charge in [-0.15, -0.1) is 0 Å². The van der Waals surface area contributed by atoms with Crippen LogP contribution in [0.25, 0.3) is 66.2 Å². The number of hydrogen-bond acceptors (Lipinski definition) is 0. The van der Waals surface area contributed by atoms with E-state index in [1.54, 1.807) is 0 Å². The molecule has 188 valence electrons. The van der Waals surface area contributed by atoms with Gasteiger partial charge in [-0.2, -0.15) is 0 Å². The van der Waals surface area contributed by atoms with E-state index < -0.39 is 0 Å². The lowest BCUT2D eigenvalue weighted by atomic mass is 9.84. The van der Waals surface area contributed by atoms with Crippen LogP contribution in [-0.2, 0) is 6.42 Å². The molecule has 0 aliphatic heterocycles. The van der Waals surface area contributed by atoms with Crippen LogP contribution in [0.5, 0.6) is 0 Å². The molecule has 0 heteroatoms. The average molecular weight is 509 g/mol. The Bertz CT molecular complexity index is 2030. The lowest BCUT2D eigenvalue weighted by molar-refractivity contribution is 1.00. The molecule has 7 aromatic carbocycles. The predicted molar refractivity (Wildman–Crippen MR) is 172 cm³/mol. The standard InChI is InChI=1S/C40H28/c1-3-11-31-25-33(23-19-27(31)9-1)29-17-21-30(22-18-29)39-35-13-5-7-15-37(35)40(38-16-8-6-14-36(38)39)34-24-20-28-10-2-4-12-32(28)26-34/h1-18,20-22,24-26H,19,23H2. The van der Waals surface area contributed by atoms with Gasteiger partial charge < -0.3 is 0 Å². The van der Waals surface area contributed by atoms with E-state index in [0.717, 1.165) is 12.8 Å². The molecule has 0 amide bonds. The monoisotopic (exact) mass is 508 g/mol. The summed E-state index contributed by atoms with van der Waals surface area (Å²) in [6.07, 6.45) is 4.56. The fourth-order valence-corrected chi connectivity index (χ4v) is 6.61. The minimum atomic E-state index is 1.09. The maximum atomic E-state index is 2.37. The fourth-order valence-electron chi connectivity index (χ4n) is 6.61. The third kappa shape index (κ3) is 3.76. The van der Waals surface area contributed by atoms with E-state index in [4.69, 9.17) is 0 Å². The van der Waals surface area contributed by atoms with E-state index >= 15 is 0 Å². The van der Waals surface area contributed by atoms with Gasteiger partial charge in [-0.1, -0.05) is 140 Å². The second-order valence-corrected chi connectivity index (χ2v) is 10.8. The highest BCUT2D eigenvalue weighted by Gasteiger charge is 2.17. The van der Waals surface area contributed by atoms with E-state index in [2.05, 4.69) is 146 Å². The van der Waals surface area contributed by atoms with Gasteiger partial charge in [0, 0.05) is 0 Å². The molecule has 40 heavy (non-hydrogen) atoms. The number of rotatable bonds is 3. The molecule has 0 saturated heterocycles. The van der Waals surface area contributed by atoms with Gasteiger partial charge in [0.1, 0.15) is 0 Å². The molecular formula is C40H28. The molecule has 0 N–H and O–H groups in total. The van der Waals surface area contributed by atoms with Gasteiger partial charge in [-0.3, -0.25) is 0 Å². The van der Waals surface area contributed by atoms with Gasteiger partial charge in [-0.25, -0.2) is 0 Å². The van der Waals surface area contributed by atoms with Crippen molar-refractivity contribution in [3.8, 4) is 22.3 Å². The first kappa shape index (κ1) is 23.0. The van der Waals surface area contributed by atoms with Crippen LogP contribution in [0.4, 0.5) is 0 Å². The van der Waals surface area contributed by atoms with Crippen LogP contribution in [0.2, 0.25) is 0 Å². The molecule has 0 unspecified atom stereocenters. The first-order valence-electron chi connectivity index (χ1n) is 14.2. The molecule has 0 radical (unpaired) electrons. The van der Waals surface area contributed by atoms with Crippen LogP contribution in [0, 0.1) is 0 Å². The highest BCUT2D eigenvalue weighted by atomic mass is 14.2. The van der Waals surface area contributed by atoms with E-state index in [9.17, 15) is 0 Å². The summed E-state index contributed by atoms with van der Waals surface area (Å²) in [7, 11) is 0. The molecule has 0 saturated carbocycles. The molecule has 1 aliphatic rings. The topological polar surface area (TPSA) is 0 Å². The average Bonchev–Trinajstić information content (AvgIpc) is 3.03. The third-order valence-corrected chi connectivity index (χ3v) is 8.56. The highest BCUT2D eigenvalue weighted by molar-refractivity contribution is 6.21. The molecule has 0 bridgehead atoms. The minimum absolute atomic E-state index is 1.09. The van der Waals surface area contributed by atoms with Crippen molar-refractivity contribution in [3.05, 3.63) is 156 Å². The first-order chi connectivity index (χ1) is 19.8. The van der Waals surface area contributed by atoms with Gasteiger partial charge in [0.25, 0.3) is 0 Å². The molecular weight excluding hydrogens is 480 g/mol. The zero-order chi connectivity index (χ0) is 26.5. The Morgan fingerprint density at radius 2 is 0.900 bits per heavy atom. The molecule has 0 heterocycles. The van der Waals surface area contributed by atoms with Crippen molar-refractivity contribution in [1.29, 1.82) is 0 Å². The molecule has 0 spiro atoms. The summed E-state index contributed by atoms with van der Waals surface area (Å²) in [5.41, 5.74) is 10.7. The second kappa shape index (κ2) is 9.36. The smallest absolute Gasteiger partial charge is 0.00262 e. The number of benzene rings is 7. The molecule has 0 nitrogen and oxygen atoms in total. The van der Waals surface area contributed by atoms with Crippen molar-refractivity contribution in [2.75, 3.05) is 0 Å². The summed E-state index contributed by atoms with van der Waals surface area (Å²) in [5, 5.41) is 7.72. The van der Waals surface area contributed by atoms with Crippen LogP contribution in [0.15, 0.2) is 140 Å². The molecule has 0 aromatic heterocycles. The maximum absolute atomic E-state index is 2.37. The van der Waals surface area contributed by atoms with Crippen molar-refractivity contribution < 1.29 is 0 Å². The zero-order valence-electron chi connectivity index (χ0n) is 22.3. The van der Waals surface area contributed by atoms with Crippen molar-refractivity contribution >= 4 is 44.0 Å². The second-order valence-electron chi connectivity index (χ2n) is 10.8. The van der Waals surface area contributed by atoms with Crippen molar-refractivity contribution in [2.24, 2.45) is 0 Å². The largest absolute Gasteiger partial charge is 0.0620 e. The Labute approximate surface area is 234 Å². The summed E-state index contributed by atoms with van der Waals surface area (Å²) in [6, 6.07) is 51.4. The summed E-state index contributed by atoms with van der Waals surface area (Å²) in [5.74, 6) is 0.